The molecule has 1 aromatic rings. The smallest absolute Gasteiger partial charge is 0.254 e. The van der Waals surface area contributed by atoms with E-state index >= 15 is 0 Å². The van der Waals surface area contributed by atoms with E-state index < -0.39 is 0 Å². The van der Waals surface area contributed by atoms with E-state index in [0.29, 0.717) is 17.9 Å². The molecule has 0 bridgehead atoms. The molecule has 0 atom stereocenters. The number of carbonyl (C=O) groups is 1. The predicted molar refractivity (Wildman–Crippen MR) is 62.6 cm³/mol. The lowest BCUT2D eigenvalue weighted by Gasteiger charge is -2.04. The van der Waals surface area contributed by atoms with Crippen LogP contribution in [0.2, 0.25) is 0 Å². The van der Waals surface area contributed by atoms with Crippen molar-refractivity contribution >= 4 is 5.91 Å². The van der Waals surface area contributed by atoms with Crippen molar-refractivity contribution in [2.45, 2.75) is 6.54 Å². The Morgan fingerprint density at radius 2 is 2.29 bits per heavy atom. The number of hydrogen-bond donors (Lipinski definition) is 1. The quantitative estimate of drug-likeness (QED) is 0.760. The van der Waals surface area contributed by atoms with Gasteiger partial charge in [-0.3, -0.25) is 4.79 Å². The first kappa shape index (κ1) is 11.5. The van der Waals surface area contributed by atoms with Crippen LogP contribution in [0.3, 0.4) is 0 Å². The molecule has 4 nitrogen and oxygen atoms in total. The van der Waals surface area contributed by atoms with Gasteiger partial charge in [0.1, 0.15) is 19.0 Å². The number of carbonyl (C=O) groups excluding carboxylic acids is 1. The fourth-order valence-electron chi connectivity index (χ4n) is 1.74. The third-order valence-electron chi connectivity index (χ3n) is 2.58. The molecule has 2 rings (SSSR count). The summed E-state index contributed by atoms with van der Waals surface area (Å²) in [5.74, 6) is 5.79. The number of fused-ring (bicyclic) bond motifs is 1. The van der Waals surface area contributed by atoms with E-state index in [2.05, 4.69) is 11.8 Å². The topological polar surface area (TPSA) is 49.8 Å². The molecule has 0 radical (unpaired) electrons. The third-order valence-corrected chi connectivity index (χ3v) is 2.58. The van der Waals surface area contributed by atoms with E-state index in [1.807, 2.05) is 12.1 Å². The highest BCUT2D eigenvalue weighted by atomic mass is 16.5. The Hall–Kier alpha value is -1.99. The summed E-state index contributed by atoms with van der Waals surface area (Å²) in [6, 6.07) is 5.46. The number of hydrogen-bond acceptors (Lipinski definition) is 3. The molecular formula is C13H13NO3. The number of ether oxygens (including phenoxy) is 1. The van der Waals surface area contributed by atoms with Crippen molar-refractivity contribution in [3.05, 3.63) is 29.3 Å². The largest absolute Gasteiger partial charge is 0.481 e. The van der Waals surface area contributed by atoms with Crippen molar-refractivity contribution < 1.29 is 14.6 Å². The molecule has 0 fully saturated rings. The molecule has 88 valence electrons. The summed E-state index contributed by atoms with van der Waals surface area (Å²) in [5, 5.41) is 8.47. The average molecular weight is 231 g/mol. The van der Waals surface area contributed by atoms with Gasteiger partial charge in [0, 0.05) is 19.2 Å². The Balaban J connectivity index is 2.10. The minimum absolute atomic E-state index is 0.0203. The van der Waals surface area contributed by atoms with Crippen LogP contribution in [0.15, 0.2) is 18.2 Å². The van der Waals surface area contributed by atoms with Crippen LogP contribution >= 0.6 is 0 Å². The zero-order chi connectivity index (χ0) is 12.3. The first-order chi connectivity index (χ1) is 8.22. The summed E-state index contributed by atoms with van der Waals surface area (Å²) in [6.45, 7) is 0.693. The van der Waals surface area contributed by atoms with E-state index in [4.69, 9.17) is 9.84 Å². The second-order valence-corrected chi connectivity index (χ2v) is 3.78. The lowest BCUT2D eigenvalue weighted by atomic mass is 10.1. The maximum atomic E-state index is 11.7. The van der Waals surface area contributed by atoms with Crippen LogP contribution < -0.4 is 4.74 Å². The molecule has 1 aliphatic rings. The maximum Gasteiger partial charge on any atom is 0.254 e. The van der Waals surface area contributed by atoms with Gasteiger partial charge in [0.25, 0.3) is 5.91 Å². The van der Waals surface area contributed by atoms with Crippen LogP contribution in [0.1, 0.15) is 15.9 Å². The SMILES string of the molecule is CN1Cc2ccc(OCC#CCO)cc2C1=O. The van der Waals surface area contributed by atoms with Crippen LogP contribution in [0, 0.1) is 11.8 Å². The molecule has 0 spiro atoms. The maximum absolute atomic E-state index is 11.7. The molecule has 0 unspecified atom stereocenters. The van der Waals surface area contributed by atoms with Crippen molar-refractivity contribution in [2.24, 2.45) is 0 Å². The van der Waals surface area contributed by atoms with Gasteiger partial charge in [0.05, 0.1) is 0 Å². The standard InChI is InChI=1S/C13H13NO3/c1-14-9-10-4-5-11(8-12(10)13(14)16)17-7-3-2-6-15/h4-5,8,15H,6-7,9H2,1H3. The molecule has 0 saturated carbocycles. The van der Waals surface area contributed by atoms with Gasteiger partial charge in [-0.05, 0) is 17.7 Å². The Morgan fingerprint density at radius 3 is 3.06 bits per heavy atom. The highest BCUT2D eigenvalue weighted by Crippen LogP contribution is 2.25. The zero-order valence-corrected chi connectivity index (χ0v) is 9.56. The number of amides is 1. The third kappa shape index (κ3) is 2.40. The number of nitrogens with zero attached hydrogens (tertiary/aromatic N) is 1. The van der Waals surface area contributed by atoms with E-state index in [1.54, 1.807) is 18.0 Å². The fourth-order valence-corrected chi connectivity index (χ4v) is 1.74. The predicted octanol–water partition coefficient (Wildman–Crippen LogP) is 0.647. The second kappa shape index (κ2) is 4.89. The number of rotatable bonds is 2. The molecule has 17 heavy (non-hydrogen) atoms. The molecule has 0 saturated heterocycles. The Morgan fingerprint density at radius 1 is 1.47 bits per heavy atom. The molecule has 1 amide bonds. The summed E-state index contributed by atoms with van der Waals surface area (Å²) in [7, 11) is 1.77. The van der Waals surface area contributed by atoms with Gasteiger partial charge in [-0.25, -0.2) is 0 Å². The average Bonchev–Trinajstić information content (AvgIpc) is 2.61. The summed E-state index contributed by atoms with van der Waals surface area (Å²) >= 11 is 0. The van der Waals surface area contributed by atoms with Crippen LogP contribution in [0.5, 0.6) is 5.75 Å². The van der Waals surface area contributed by atoms with Gasteiger partial charge in [-0.1, -0.05) is 17.9 Å². The monoisotopic (exact) mass is 231 g/mol. The highest BCUT2D eigenvalue weighted by Gasteiger charge is 2.24. The fraction of sp³-hybridized carbons (Fsp3) is 0.308. The van der Waals surface area contributed by atoms with E-state index in [0.717, 1.165) is 5.56 Å². The summed E-state index contributed by atoms with van der Waals surface area (Å²) in [4.78, 5) is 13.4. The molecule has 1 aliphatic heterocycles. The van der Waals surface area contributed by atoms with Crippen LogP contribution in [-0.2, 0) is 6.54 Å². The number of benzene rings is 1. The van der Waals surface area contributed by atoms with Gasteiger partial charge < -0.3 is 14.7 Å². The number of aliphatic hydroxyl groups is 1. The molecule has 1 aromatic carbocycles. The molecule has 0 aliphatic carbocycles. The second-order valence-electron chi connectivity index (χ2n) is 3.78. The summed E-state index contributed by atoms with van der Waals surface area (Å²) in [6.07, 6.45) is 0. The van der Waals surface area contributed by atoms with Gasteiger partial charge >= 0.3 is 0 Å². The molecule has 0 aromatic heterocycles. The summed E-state index contributed by atoms with van der Waals surface area (Å²) in [5.41, 5.74) is 1.71. The van der Waals surface area contributed by atoms with Crippen LogP contribution in [-0.4, -0.2) is 36.2 Å². The Kier molecular flexibility index (Phi) is 3.31. The van der Waals surface area contributed by atoms with Crippen molar-refractivity contribution in [3.63, 3.8) is 0 Å². The number of aliphatic hydroxyl groups excluding tert-OH is 1. The normalized spacial score (nSPS) is 13.1. The van der Waals surface area contributed by atoms with Gasteiger partial charge in [-0.15, -0.1) is 0 Å². The van der Waals surface area contributed by atoms with Gasteiger partial charge in [-0.2, -0.15) is 0 Å². The van der Waals surface area contributed by atoms with E-state index in [1.165, 1.54) is 0 Å². The van der Waals surface area contributed by atoms with Gasteiger partial charge in [0.2, 0.25) is 0 Å². The van der Waals surface area contributed by atoms with Crippen molar-refractivity contribution in [2.75, 3.05) is 20.3 Å². The minimum Gasteiger partial charge on any atom is -0.481 e. The first-order valence-corrected chi connectivity index (χ1v) is 5.30. The van der Waals surface area contributed by atoms with Crippen LogP contribution in [0.25, 0.3) is 0 Å². The Bertz CT molecular complexity index is 499. The molecular weight excluding hydrogens is 218 g/mol. The van der Waals surface area contributed by atoms with Crippen LogP contribution in [0.4, 0.5) is 0 Å². The minimum atomic E-state index is -0.170. The first-order valence-electron chi connectivity index (χ1n) is 5.30. The summed E-state index contributed by atoms with van der Waals surface area (Å²) < 4.78 is 5.36. The molecule has 4 heteroatoms. The van der Waals surface area contributed by atoms with Gasteiger partial charge in [0.15, 0.2) is 0 Å². The van der Waals surface area contributed by atoms with Crippen molar-refractivity contribution in [1.29, 1.82) is 0 Å². The highest BCUT2D eigenvalue weighted by molar-refractivity contribution is 5.98. The zero-order valence-electron chi connectivity index (χ0n) is 9.56. The van der Waals surface area contributed by atoms with E-state index in [-0.39, 0.29) is 19.1 Å². The van der Waals surface area contributed by atoms with Crippen molar-refractivity contribution in [1.82, 2.24) is 4.90 Å². The molecule has 1 N–H and O–H groups in total. The van der Waals surface area contributed by atoms with E-state index in [9.17, 15) is 4.79 Å². The lowest BCUT2D eigenvalue weighted by Crippen LogP contribution is -2.17. The molecule has 1 heterocycles. The lowest BCUT2D eigenvalue weighted by molar-refractivity contribution is 0.0816. The van der Waals surface area contributed by atoms with Crippen molar-refractivity contribution in [3.8, 4) is 17.6 Å². The Labute approximate surface area is 99.8 Å².